The minimum atomic E-state index is -0.371. The maximum Gasteiger partial charge on any atom is 0.274 e. The number of rotatable bonds is 4. The highest BCUT2D eigenvalue weighted by Gasteiger charge is 2.14. The van der Waals surface area contributed by atoms with Gasteiger partial charge in [-0.2, -0.15) is 0 Å². The van der Waals surface area contributed by atoms with Gasteiger partial charge in [-0.3, -0.25) is 14.4 Å². The monoisotopic (exact) mass is 264 g/mol. The Labute approximate surface area is 113 Å². The molecule has 0 saturated carbocycles. The van der Waals surface area contributed by atoms with Crippen molar-refractivity contribution in [1.82, 2.24) is 10.8 Å². The van der Waals surface area contributed by atoms with Gasteiger partial charge in [-0.05, 0) is 23.1 Å². The van der Waals surface area contributed by atoms with E-state index in [4.69, 9.17) is 4.84 Å². The van der Waals surface area contributed by atoms with Gasteiger partial charge in [0.25, 0.3) is 5.91 Å². The number of benzene rings is 1. The van der Waals surface area contributed by atoms with E-state index in [0.29, 0.717) is 5.56 Å². The SMILES string of the molecule is CNC(=O)CONC(=O)c1ccc(C(C)(C)C)cc1. The second kappa shape index (κ2) is 6.33. The van der Waals surface area contributed by atoms with Gasteiger partial charge in [0.05, 0.1) is 0 Å². The molecule has 1 aromatic rings. The van der Waals surface area contributed by atoms with E-state index in [1.165, 1.54) is 7.05 Å². The average molecular weight is 264 g/mol. The molecule has 2 amide bonds. The Balaban J connectivity index is 2.56. The topological polar surface area (TPSA) is 67.4 Å². The van der Waals surface area contributed by atoms with Gasteiger partial charge in [-0.25, -0.2) is 5.48 Å². The van der Waals surface area contributed by atoms with Crippen LogP contribution in [-0.4, -0.2) is 25.5 Å². The van der Waals surface area contributed by atoms with Gasteiger partial charge in [0.2, 0.25) is 5.91 Å². The Hall–Kier alpha value is -1.88. The zero-order chi connectivity index (χ0) is 14.5. The normalized spacial score (nSPS) is 10.9. The Bertz CT molecular complexity index is 447. The molecule has 0 aromatic heterocycles. The summed E-state index contributed by atoms with van der Waals surface area (Å²) in [6, 6.07) is 7.29. The van der Waals surface area contributed by atoms with Crippen LogP contribution in [0.1, 0.15) is 36.7 Å². The molecule has 0 unspecified atom stereocenters. The molecular formula is C14H20N2O3. The highest BCUT2D eigenvalue weighted by atomic mass is 16.7. The predicted octanol–water partition coefficient (Wildman–Crippen LogP) is 1.39. The van der Waals surface area contributed by atoms with Crippen molar-refractivity contribution in [3.05, 3.63) is 35.4 Å². The van der Waals surface area contributed by atoms with Gasteiger partial charge in [-0.1, -0.05) is 32.9 Å². The number of amides is 2. The van der Waals surface area contributed by atoms with Gasteiger partial charge < -0.3 is 5.32 Å². The molecular weight excluding hydrogens is 244 g/mol. The fourth-order valence-corrected chi connectivity index (χ4v) is 1.42. The molecule has 5 heteroatoms. The molecule has 0 spiro atoms. The lowest BCUT2D eigenvalue weighted by atomic mass is 9.87. The maximum atomic E-state index is 11.7. The van der Waals surface area contributed by atoms with Crippen molar-refractivity contribution < 1.29 is 14.4 Å². The van der Waals surface area contributed by atoms with Gasteiger partial charge in [0.1, 0.15) is 0 Å². The molecule has 2 N–H and O–H groups in total. The summed E-state index contributed by atoms with van der Waals surface area (Å²) in [6.45, 7) is 6.11. The molecule has 0 heterocycles. The van der Waals surface area contributed by atoms with Crippen LogP contribution < -0.4 is 10.8 Å². The largest absolute Gasteiger partial charge is 0.357 e. The first-order valence-electron chi connectivity index (χ1n) is 6.08. The summed E-state index contributed by atoms with van der Waals surface area (Å²) in [5, 5.41) is 2.39. The Morgan fingerprint density at radius 2 is 1.74 bits per heavy atom. The highest BCUT2D eigenvalue weighted by Crippen LogP contribution is 2.22. The molecule has 0 fully saturated rings. The van der Waals surface area contributed by atoms with Crippen LogP contribution in [0.4, 0.5) is 0 Å². The third kappa shape index (κ3) is 4.71. The van der Waals surface area contributed by atoms with Crippen LogP contribution in [0.5, 0.6) is 0 Å². The van der Waals surface area contributed by atoms with Gasteiger partial charge in [0.15, 0.2) is 6.61 Å². The summed E-state index contributed by atoms with van der Waals surface area (Å²) >= 11 is 0. The number of carbonyl (C=O) groups is 2. The smallest absolute Gasteiger partial charge is 0.274 e. The van der Waals surface area contributed by atoms with E-state index in [1.807, 2.05) is 12.1 Å². The van der Waals surface area contributed by atoms with E-state index in [-0.39, 0.29) is 23.8 Å². The standard InChI is InChI=1S/C14H20N2O3/c1-14(2,3)11-7-5-10(6-8-11)13(18)16-19-9-12(17)15-4/h5-8H,9H2,1-4H3,(H,15,17)(H,16,18). The minimum Gasteiger partial charge on any atom is -0.357 e. The summed E-state index contributed by atoms with van der Waals surface area (Å²) in [5.74, 6) is -0.673. The Kier molecular flexibility index (Phi) is 5.06. The number of hydrogen-bond acceptors (Lipinski definition) is 3. The van der Waals surface area contributed by atoms with E-state index < -0.39 is 0 Å². The van der Waals surface area contributed by atoms with E-state index in [0.717, 1.165) is 5.56 Å². The molecule has 0 aliphatic carbocycles. The van der Waals surface area contributed by atoms with E-state index in [9.17, 15) is 9.59 Å². The average Bonchev–Trinajstić information content (AvgIpc) is 2.37. The zero-order valence-corrected chi connectivity index (χ0v) is 11.7. The number of likely N-dealkylation sites (N-methyl/N-ethyl adjacent to an activating group) is 1. The number of nitrogens with one attached hydrogen (secondary N) is 2. The van der Waals surface area contributed by atoms with Crippen molar-refractivity contribution >= 4 is 11.8 Å². The fraction of sp³-hybridized carbons (Fsp3) is 0.429. The van der Waals surface area contributed by atoms with Crippen LogP contribution in [0, 0.1) is 0 Å². The first-order valence-corrected chi connectivity index (χ1v) is 6.08. The van der Waals surface area contributed by atoms with Crippen LogP contribution in [0.2, 0.25) is 0 Å². The molecule has 19 heavy (non-hydrogen) atoms. The predicted molar refractivity (Wildman–Crippen MR) is 72.6 cm³/mol. The maximum absolute atomic E-state index is 11.7. The number of carbonyl (C=O) groups excluding carboxylic acids is 2. The third-order valence-corrected chi connectivity index (χ3v) is 2.66. The molecule has 0 aliphatic heterocycles. The quantitative estimate of drug-likeness (QED) is 0.808. The molecule has 1 aromatic carbocycles. The van der Waals surface area contributed by atoms with Crippen LogP contribution in [0.15, 0.2) is 24.3 Å². The van der Waals surface area contributed by atoms with E-state index in [2.05, 4.69) is 31.6 Å². The Morgan fingerprint density at radius 1 is 1.16 bits per heavy atom. The first kappa shape index (κ1) is 15.2. The highest BCUT2D eigenvalue weighted by molar-refractivity contribution is 5.93. The summed E-state index contributed by atoms with van der Waals surface area (Å²) in [7, 11) is 1.50. The Morgan fingerprint density at radius 3 is 2.21 bits per heavy atom. The van der Waals surface area contributed by atoms with Crippen LogP contribution in [0.25, 0.3) is 0 Å². The number of hydrogen-bond donors (Lipinski definition) is 2. The molecule has 0 radical (unpaired) electrons. The van der Waals surface area contributed by atoms with E-state index >= 15 is 0 Å². The lowest BCUT2D eigenvalue weighted by Gasteiger charge is -2.19. The van der Waals surface area contributed by atoms with Crippen molar-refractivity contribution in [3.63, 3.8) is 0 Å². The molecule has 0 atom stereocenters. The van der Waals surface area contributed by atoms with Crippen molar-refractivity contribution in [3.8, 4) is 0 Å². The second-order valence-corrected chi connectivity index (χ2v) is 5.22. The second-order valence-electron chi connectivity index (χ2n) is 5.22. The zero-order valence-electron chi connectivity index (χ0n) is 11.7. The lowest BCUT2D eigenvalue weighted by Crippen LogP contribution is -2.31. The summed E-state index contributed by atoms with van der Waals surface area (Å²) in [4.78, 5) is 27.4. The third-order valence-electron chi connectivity index (χ3n) is 2.66. The molecule has 104 valence electrons. The fourth-order valence-electron chi connectivity index (χ4n) is 1.42. The van der Waals surface area contributed by atoms with Gasteiger partial charge >= 0.3 is 0 Å². The van der Waals surface area contributed by atoms with Crippen LogP contribution >= 0.6 is 0 Å². The number of hydroxylamine groups is 1. The summed E-state index contributed by atoms with van der Waals surface area (Å²) < 4.78 is 0. The van der Waals surface area contributed by atoms with Crippen molar-refractivity contribution in [2.75, 3.05) is 13.7 Å². The van der Waals surface area contributed by atoms with Crippen molar-refractivity contribution in [2.45, 2.75) is 26.2 Å². The van der Waals surface area contributed by atoms with Gasteiger partial charge in [0, 0.05) is 12.6 Å². The first-order chi connectivity index (χ1) is 8.84. The molecule has 1 rings (SSSR count). The molecule has 0 saturated heterocycles. The van der Waals surface area contributed by atoms with Crippen molar-refractivity contribution in [1.29, 1.82) is 0 Å². The van der Waals surface area contributed by atoms with Crippen molar-refractivity contribution in [2.24, 2.45) is 0 Å². The van der Waals surface area contributed by atoms with E-state index in [1.54, 1.807) is 12.1 Å². The molecule has 0 bridgehead atoms. The summed E-state index contributed by atoms with van der Waals surface area (Å²) in [5.41, 5.74) is 3.91. The minimum absolute atomic E-state index is 0.0463. The lowest BCUT2D eigenvalue weighted by molar-refractivity contribution is -0.126. The molecule has 5 nitrogen and oxygen atoms in total. The van der Waals surface area contributed by atoms with Crippen LogP contribution in [0.3, 0.4) is 0 Å². The van der Waals surface area contributed by atoms with Gasteiger partial charge in [-0.15, -0.1) is 0 Å². The van der Waals surface area contributed by atoms with Crippen LogP contribution in [-0.2, 0) is 15.0 Å². The summed E-state index contributed by atoms with van der Waals surface area (Å²) in [6.07, 6.45) is 0. The molecule has 0 aliphatic rings.